The molecule has 0 aromatic carbocycles. The molecule has 0 spiro atoms. The number of aromatic nitrogens is 3. The minimum Gasteiger partial charge on any atom is -0.384 e. The van der Waals surface area contributed by atoms with Crippen LogP contribution in [0.5, 0.6) is 0 Å². The molecular weight excluding hydrogens is 202 g/mol. The monoisotopic (exact) mass is 219 g/mol. The summed E-state index contributed by atoms with van der Waals surface area (Å²) in [5.41, 5.74) is 12.9. The molecule has 2 aromatic heterocycles. The van der Waals surface area contributed by atoms with E-state index in [1.54, 1.807) is 6.07 Å². The maximum Gasteiger partial charge on any atom is 0.179 e. The predicted molar refractivity (Wildman–Crippen MR) is 64.7 cm³/mol. The number of nitrogens with zero attached hydrogens (tertiary/aromatic N) is 2. The van der Waals surface area contributed by atoms with Crippen molar-refractivity contribution in [3.05, 3.63) is 18.0 Å². The fourth-order valence-corrected chi connectivity index (χ4v) is 1.82. The van der Waals surface area contributed by atoms with Crippen LogP contribution in [0.2, 0.25) is 0 Å². The van der Waals surface area contributed by atoms with Crippen LogP contribution in [0, 0.1) is 0 Å². The Morgan fingerprint density at radius 2 is 2.12 bits per heavy atom. The first kappa shape index (κ1) is 10.9. The minimum atomic E-state index is -0.440. The summed E-state index contributed by atoms with van der Waals surface area (Å²) in [6.07, 6.45) is 1.89. The first-order valence-corrected chi connectivity index (χ1v) is 5.44. The van der Waals surface area contributed by atoms with Crippen LogP contribution in [-0.2, 0) is 5.54 Å². The van der Waals surface area contributed by atoms with Crippen LogP contribution in [0.25, 0.3) is 11.2 Å². The second-order valence-corrected chi connectivity index (χ2v) is 4.36. The number of fused-ring (bicyclic) bond motifs is 1. The van der Waals surface area contributed by atoms with Gasteiger partial charge in [-0.1, -0.05) is 13.3 Å². The lowest BCUT2D eigenvalue weighted by Crippen LogP contribution is -2.34. The van der Waals surface area contributed by atoms with Gasteiger partial charge in [0, 0.05) is 0 Å². The van der Waals surface area contributed by atoms with Crippen LogP contribution in [0.3, 0.4) is 0 Å². The second-order valence-electron chi connectivity index (χ2n) is 4.36. The topological polar surface area (TPSA) is 93.6 Å². The Bertz CT molecular complexity index is 500. The van der Waals surface area contributed by atoms with Crippen molar-refractivity contribution in [2.45, 2.75) is 32.2 Å². The van der Waals surface area contributed by atoms with Gasteiger partial charge in [-0.05, 0) is 25.5 Å². The van der Waals surface area contributed by atoms with Gasteiger partial charge in [0.25, 0.3) is 0 Å². The lowest BCUT2D eigenvalue weighted by atomic mass is 9.97. The van der Waals surface area contributed by atoms with Gasteiger partial charge in [-0.2, -0.15) is 0 Å². The van der Waals surface area contributed by atoms with E-state index < -0.39 is 5.54 Å². The molecule has 16 heavy (non-hydrogen) atoms. The number of hydrogen-bond acceptors (Lipinski definition) is 4. The molecular formula is C11H17N5. The Hall–Kier alpha value is -1.62. The molecule has 2 heterocycles. The molecule has 2 aromatic rings. The highest BCUT2D eigenvalue weighted by atomic mass is 15.0. The zero-order valence-corrected chi connectivity index (χ0v) is 9.62. The second kappa shape index (κ2) is 3.75. The number of nitrogens with one attached hydrogen (secondary N) is 1. The largest absolute Gasteiger partial charge is 0.384 e. The Morgan fingerprint density at radius 1 is 1.38 bits per heavy atom. The van der Waals surface area contributed by atoms with E-state index in [-0.39, 0.29) is 0 Å². The molecule has 0 aliphatic carbocycles. The van der Waals surface area contributed by atoms with Gasteiger partial charge in [-0.25, -0.2) is 9.97 Å². The summed E-state index contributed by atoms with van der Waals surface area (Å²) in [4.78, 5) is 11.7. The first-order valence-electron chi connectivity index (χ1n) is 5.44. The number of anilines is 1. The van der Waals surface area contributed by atoms with Crippen molar-refractivity contribution in [2.75, 3.05) is 5.73 Å². The number of nitrogen functional groups attached to an aromatic ring is 1. The summed E-state index contributed by atoms with van der Waals surface area (Å²) in [5, 5.41) is 0. The number of nitrogens with two attached hydrogens (primary N) is 2. The summed E-state index contributed by atoms with van der Waals surface area (Å²) in [6.45, 7) is 4.07. The fourth-order valence-electron chi connectivity index (χ4n) is 1.82. The molecule has 0 saturated heterocycles. The van der Waals surface area contributed by atoms with Gasteiger partial charge in [-0.3, -0.25) is 0 Å². The molecule has 0 radical (unpaired) electrons. The lowest BCUT2D eigenvalue weighted by Gasteiger charge is -2.20. The first-order chi connectivity index (χ1) is 7.53. The van der Waals surface area contributed by atoms with Crippen molar-refractivity contribution in [1.29, 1.82) is 0 Å². The van der Waals surface area contributed by atoms with E-state index in [0.29, 0.717) is 11.5 Å². The van der Waals surface area contributed by atoms with Gasteiger partial charge in [-0.15, -0.1) is 0 Å². The van der Waals surface area contributed by atoms with Crippen LogP contribution < -0.4 is 11.5 Å². The molecule has 0 fully saturated rings. The number of rotatable bonds is 3. The number of H-pyrrole nitrogens is 1. The highest BCUT2D eigenvalue weighted by Crippen LogP contribution is 2.22. The van der Waals surface area contributed by atoms with E-state index in [9.17, 15) is 0 Å². The number of aromatic amines is 1. The minimum absolute atomic E-state index is 0.440. The normalized spacial score (nSPS) is 15.2. The maximum atomic E-state index is 6.20. The molecule has 2 rings (SSSR count). The van der Waals surface area contributed by atoms with E-state index in [1.807, 2.05) is 13.0 Å². The zero-order chi connectivity index (χ0) is 11.8. The maximum absolute atomic E-state index is 6.20. The number of pyridine rings is 1. The van der Waals surface area contributed by atoms with Crippen molar-refractivity contribution < 1.29 is 0 Å². The Balaban J connectivity index is 2.46. The molecule has 1 atom stereocenters. The highest BCUT2D eigenvalue weighted by molar-refractivity contribution is 5.72. The standard InChI is InChI=1S/C11H17N5/c1-3-6-11(2,13)10-14-7-4-5-8(12)15-9(7)16-10/h4-5H,3,6,13H2,1-2H3,(H3,12,14,15,16). The van der Waals surface area contributed by atoms with Gasteiger partial charge < -0.3 is 16.5 Å². The molecule has 5 N–H and O–H groups in total. The molecule has 86 valence electrons. The van der Waals surface area contributed by atoms with Crippen molar-refractivity contribution in [2.24, 2.45) is 5.73 Å². The van der Waals surface area contributed by atoms with Crippen LogP contribution >= 0.6 is 0 Å². The molecule has 5 nitrogen and oxygen atoms in total. The van der Waals surface area contributed by atoms with E-state index in [2.05, 4.69) is 21.9 Å². The number of hydrogen-bond donors (Lipinski definition) is 3. The summed E-state index contributed by atoms with van der Waals surface area (Å²) in [6, 6.07) is 3.62. The fraction of sp³-hybridized carbons (Fsp3) is 0.455. The summed E-state index contributed by atoms with van der Waals surface area (Å²) >= 11 is 0. The van der Waals surface area contributed by atoms with E-state index >= 15 is 0 Å². The average Bonchev–Trinajstić information content (AvgIpc) is 2.61. The quantitative estimate of drug-likeness (QED) is 0.729. The summed E-state index contributed by atoms with van der Waals surface area (Å²) < 4.78 is 0. The van der Waals surface area contributed by atoms with Gasteiger partial charge in [0.15, 0.2) is 5.65 Å². The Labute approximate surface area is 94.3 Å². The Kier molecular flexibility index (Phi) is 2.55. The average molecular weight is 219 g/mol. The molecule has 0 bridgehead atoms. The lowest BCUT2D eigenvalue weighted by molar-refractivity contribution is 0.424. The van der Waals surface area contributed by atoms with E-state index in [4.69, 9.17) is 11.5 Å². The van der Waals surface area contributed by atoms with Crippen LogP contribution in [0.1, 0.15) is 32.5 Å². The SMILES string of the molecule is CCCC(C)(N)c1nc2nc(N)ccc2[nH]1. The van der Waals surface area contributed by atoms with Crippen LogP contribution in [-0.4, -0.2) is 15.0 Å². The molecule has 0 aliphatic rings. The van der Waals surface area contributed by atoms with Gasteiger partial charge >= 0.3 is 0 Å². The van der Waals surface area contributed by atoms with Crippen molar-refractivity contribution in [3.8, 4) is 0 Å². The highest BCUT2D eigenvalue weighted by Gasteiger charge is 2.24. The van der Waals surface area contributed by atoms with Crippen LogP contribution in [0.15, 0.2) is 12.1 Å². The molecule has 5 heteroatoms. The van der Waals surface area contributed by atoms with Crippen molar-refractivity contribution in [3.63, 3.8) is 0 Å². The predicted octanol–water partition coefficient (Wildman–Crippen LogP) is 1.51. The van der Waals surface area contributed by atoms with E-state index in [0.717, 1.165) is 24.2 Å². The third-order valence-electron chi connectivity index (χ3n) is 2.68. The number of imidazole rings is 1. The van der Waals surface area contributed by atoms with Crippen molar-refractivity contribution >= 4 is 17.0 Å². The Morgan fingerprint density at radius 3 is 2.81 bits per heavy atom. The molecule has 0 saturated carbocycles. The van der Waals surface area contributed by atoms with Gasteiger partial charge in [0.05, 0.1) is 11.1 Å². The summed E-state index contributed by atoms with van der Waals surface area (Å²) in [5.74, 6) is 1.24. The smallest absolute Gasteiger partial charge is 0.179 e. The van der Waals surface area contributed by atoms with Crippen molar-refractivity contribution in [1.82, 2.24) is 15.0 Å². The molecule has 1 unspecified atom stereocenters. The van der Waals surface area contributed by atoms with E-state index in [1.165, 1.54) is 0 Å². The van der Waals surface area contributed by atoms with Crippen LogP contribution in [0.4, 0.5) is 5.82 Å². The molecule has 0 aliphatic heterocycles. The van der Waals surface area contributed by atoms with Gasteiger partial charge in [0.1, 0.15) is 11.6 Å². The van der Waals surface area contributed by atoms with Gasteiger partial charge in [0.2, 0.25) is 0 Å². The third-order valence-corrected chi connectivity index (χ3v) is 2.68. The summed E-state index contributed by atoms with van der Waals surface area (Å²) in [7, 11) is 0. The third kappa shape index (κ3) is 1.86. The zero-order valence-electron chi connectivity index (χ0n) is 9.62. The molecule has 0 amide bonds.